The molecule has 1 saturated heterocycles. The molecule has 0 radical (unpaired) electrons. The Labute approximate surface area is 428 Å². The van der Waals surface area contributed by atoms with Gasteiger partial charge in [0.25, 0.3) is 12.3 Å². The third-order valence-corrected chi connectivity index (χ3v) is 12.2. The van der Waals surface area contributed by atoms with Crippen LogP contribution in [0.5, 0.6) is 11.5 Å². The van der Waals surface area contributed by atoms with Crippen LogP contribution in [0.25, 0.3) is 0 Å². The van der Waals surface area contributed by atoms with Crippen LogP contribution in [0, 0.1) is 6.92 Å². The van der Waals surface area contributed by atoms with E-state index in [1.54, 1.807) is 48.3 Å². The molecule has 3 unspecified atom stereocenters. The molecule has 1 amide bonds. The Bertz CT molecular complexity index is 2840. The van der Waals surface area contributed by atoms with Gasteiger partial charge in [0, 0.05) is 61.9 Å². The summed E-state index contributed by atoms with van der Waals surface area (Å²) >= 11 is 30.7. The summed E-state index contributed by atoms with van der Waals surface area (Å²) in [6.07, 6.45) is 4.13. The van der Waals surface area contributed by atoms with Crippen LogP contribution in [0.15, 0.2) is 110 Å². The van der Waals surface area contributed by atoms with E-state index < -0.39 is 29.9 Å². The number of hydroxylamine groups is 2. The van der Waals surface area contributed by atoms with Crippen molar-refractivity contribution in [1.82, 2.24) is 39.6 Å². The number of nitrogens with one attached hydrogen (secondary N) is 1. The molecule has 368 valence electrons. The SMILES string of the molecule is CC1COC(Cn2cncn2)(c2ccc(Oc3ccc(Cl)cc3)cc2Cl)O1.CON(C(=O)c1cn(C)nc1C(F)F)C(C)Cc1c(Cl)cc(Cl)cc1Cl.Cc1cc(C2CC2)nc(Nc2ccccc2)n1. The summed E-state index contributed by atoms with van der Waals surface area (Å²) in [5.74, 6) is 0.884. The van der Waals surface area contributed by atoms with E-state index in [1.807, 2.05) is 56.3 Å². The van der Waals surface area contributed by atoms with Gasteiger partial charge < -0.3 is 19.5 Å². The van der Waals surface area contributed by atoms with Crippen molar-refractivity contribution in [3.8, 4) is 11.5 Å². The molecular weight excluding hydrogens is 1010 g/mol. The van der Waals surface area contributed by atoms with E-state index in [0.717, 1.165) is 21.1 Å². The first-order valence-corrected chi connectivity index (χ1v) is 23.8. The molecule has 4 aromatic carbocycles. The Morgan fingerprint density at radius 2 is 1.63 bits per heavy atom. The summed E-state index contributed by atoms with van der Waals surface area (Å²) in [5, 5.41) is 14.2. The van der Waals surface area contributed by atoms with Gasteiger partial charge in [-0.05, 0) is 118 Å². The van der Waals surface area contributed by atoms with Gasteiger partial charge in [0.05, 0.1) is 36.4 Å². The highest BCUT2D eigenvalue weighted by atomic mass is 35.5. The van der Waals surface area contributed by atoms with E-state index in [-0.39, 0.29) is 18.1 Å². The number of aryl methyl sites for hydroxylation is 2. The highest BCUT2D eigenvalue weighted by Crippen LogP contribution is 2.42. The van der Waals surface area contributed by atoms with Gasteiger partial charge >= 0.3 is 0 Å². The predicted molar refractivity (Wildman–Crippen MR) is 266 cm³/mol. The van der Waals surface area contributed by atoms with Gasteiger partial charge in [-0.25, -0.2) is 33.5 Å². The van der Waals surface area contributed by atoms with Crippen LogP contribution in [0.1, 0.15) is 77.6 Å². The van der Waals surface area contributed by atoms with E-state index in [9.17, 15) is 13.6 Å². The summed E-state index contributed by atoms with van der Waals surface area (Å²) in [4.78, 5) is 30.8. The van der Waals surface area contributed by atoms with Gasteiger partial charge in [0.2, 0.25) is 11.7 Å². The highest BCUT2D eigenvalue weighted by molar-refractivity contribution is 6.39. The average molecular weight is 1060 g/mol. The molecule has 70 heavy (non-hydrogen) atoms. The van der Waals surface area contributed by atoms with Crippen LogP contribution in [0.4, 0.5) is 20.4 Å². The number of aromatic nitrogens is 7. The summed E-state index contributed by atoms with van der Waals surface area (Å²) in [7, 11) is 2.73. The Morgan fingerprint density at radius 3 is 2.23 bits per heavy atom. The van der Waals surface area contributed by atoms with Crippen LogP contribution in [-0.2, 0) is 40.1 Å². The van der Waals surface area contributed by atoms with E-state index in [1.165, 1.54) is 57.3 Å². The molecule has 7 aromatic rings. The third kappa shape index (κ3) is 13.7. The summed E-state index contributed by atoms with van der Waals surface area (Å²) in [6, 6.07) is 27.2. The minimum absolute atomic E-state index is 0.0606. The van der Waals surface area contributed by atoms with Crippen molar-refractivity contribution >= 4 is 75.5 Å². The van der Waals surface area contributed by atoms with Crippen LogP contribution in [0.2, 0.25) is 25.1 Å². The van der Waals surface area contributed by atoms with Crippen molar-refractivity contribution in [1.29, 1.82) is 0 Å². The van der Waals surface area contributed by atoms with Gasteiger partial charge in [0.15, 0.2) is 0 Å². The van der Waals surface area contributed by atoms with E-state index in [0.29, 0.717) is 72.8 Å². The second kappa shape index (κ2) is 23.7. The number of carbonyl (C=O) groups excluding carboxylic acids is 1. The van der Waals surface area contributed by atoms with Gasteiger partial charge in [-0.1, -0.05) is 76.2 Å². The molecule has 14 nitrogen and oxygen atoms in total. The zero-order chi connectivity index (χ0) is 50.1. The van der Waals surface area contributed by atoms with Gasteiger partial charge in [0.1, 0.15) is 36.4 Å². The third-order valence-electron chi connectivity index (χ3n) is 10.8. The number of hydrogen-bond donors (Lipinski definition) is 1. The molecule has 21 heteroatoms. The van der Waals surface area contributed by atoms with Gasteiger partial charge in [-0.15, -0.1) is 0 Å². The molecule has 0 bridgehead atoms. The lowest BCUT2D eigenvalue weighted by Gasteiger charge is -2.29. The number of alkyl halides is 2. The smallest absolute Gasteiger partial charge is 0.282 e. The standard InChI is InChI=1S/C19H17Cl2N3O3.C16H16Cl3F2N3O2.C14H15N3/c1-13-9-25-19(27-13,10-24-12-22-11-23-24)17-7-6-16(8-18(17)21)26-15-4-2-14(20)3-5-15;1-8(4-10-12(18)5-9(17)6-13(10)19)24(26-3)16(25)11-7-23(2)22-14(11)15(20)21;1-10-9-13(11-7-8-11)17-14(15-10)16-12-5-3-2-4-6-12/h2-8,11-13H,9-10H2,1H3;5-8,15H,4H2,1-3H3;2-6,9,11H,7-8H2,1H3,(H,15,16,17). The van der Waals surface area contributed by atoms with Crippen LogP contribution < -0.4 is 10.1 Å². The molecule has 1 saturated carbocycles. The predicted octanol–water partition coefficient (Wildman–Crippen LogP) is 13.0. The fraction of sp³-hybridized carbons (Fsp3) is 0.306. The zero-order valence-electron chi connectivity index (χ0n) is 38.5. The first-order chi connectivity index (χ1) is 33.5. The fourth-order valence-corrected chi connectivity index (χ4v) is 8.85. The number of rotatable bonds is 14. The van der Waals surface area contributed by atoms with Gasteiger partial charge in [-0.3, -0.25) is 14.3 Å². The van der Waals surface area contributed by atoms with Crippen molar-refractivity contribution in [3.05, 3.63) is 169 Å². The lowest BCUT2D eigenvalue weighted by molar-refractivity contribution is -0.186. The average Bonchev–Trinajstić information content (AvgIpc) is 3.71. The molecular formula is C49H48Cl5F2N9O5. The molecule has 0 spiro atoms. The normalized spacial score (nSPS) is 16.7. The number of ether oxygens (including phenoxy) is 3. The second-order valence-electron chi connectivity index (χ2n) is 16.4. The molecule has 1 aliphatic carbocycles. The van der Waals surface area contributed by atoms with Crippen LogP contribution in [-0.4, -0.2) is 71.3 Å². The highest BCUT2D eigenvalue weighted by Gasteiger charge is 2.44. The van der Waals surface area contributed by atoms with Crippen LogP contribution >= 0.6 is 58.0 Å². The number of carbonyl (C=O) groups is 1. The lowest BCUT2D eigenvalue weighted by Crippen LogP contribution is -2.39. The Balaban J connectivity index is 0.000000159. The molecule has 2 aliphatic rings. The van der Waals surface area contributed by atoms with E-state index in [2.05, 4.69) is 36.5 Å². The number of hydrogen-bond acceptors (Lipinski definition) is 11. The summed E-state index contributed by atoms with van der Waals surface area (Å²) < 4.78 is 47.0. The van der Waals surface area contributed by atoms with E-state index >= 15 is 0 Å². The van der Waals surface area contributed by atoms with Crippen LogP contribution in [0.3, 0.4) is 0 Å². The zero-order valence-corrected chi connectivity index (χ0v) is 42.3. The second-order valence-corrected chi connectivity index (χ2v) is 18.5. The molecule has 1 aliphatic heterocycles. The summed E-state index contributed by atoms with van der Waals surface area (Å²) in [5.41, 5.74) is 3.68. The molecule has 9 rings (SSSR count). The quantitative estimate of drug-likeness (QED) is 0.104. The maximum absolute atomic E-state index is 13.1. The first-order valence-electron chi connectivity index (χ1n) is 21.9. The topological polar surface area (TPSA) is 144 Å². The number of nitrogens with zero attached hydrogens (tertiary/aromatic N) is 8. The van der Waals surface area contributed by atoms with Crippen molar-refractivity contribution in [2.24, 2.45) is 7.05 Å². The van der Waals surface area contributed by atoms with E-state index in [4.69, 9.17) is 77.1 Å². The number of halogens is 7. The Morgan fingerprint density at radius 1 is 0.929 bits per heavy atom. The number of benzene rings is 4. The van der Waals surface area contributed by atoms with Crippen molar-refractivity contribution in [2.45, 2.75) is 76.9 Å². The van der Waals surface area contributed by atoms with Crippen molar-refractivity contribution < 1.29 is 32.6 Å². The lowest BCUT2D eigenvalue weighted by atomic mass is 10.1. The van der Waals surface area contributed by atoms with Crippen molar-refractivity contribution in [2.75, 3.05) is 19.0 Å². The fourth-order valence-electron chi connectivity index (χ4n) is 7.44. The molecule has 2 fully saturated rings. The van der Waals surface area contributed by atoms with Gasteiger partial charge in [-0.2, -0.15) is 10.2 Å². The Hall–Kier alpha value is -5.43. The minimum atomic E-state index is -2.88. The number of anilines is 2. The molecule has 4 heterocycles. The molecule has 3 atom stereocenters. The first kappa shape index (κ1) is 52.4. The van der Waals surface area contributed by atoms with Crippen molar-refractivity contribution in [3.63, 3.8) is 0 Å². The molecule has 1 N–H and O–H groups in total. The minimum Gasteiger partial charge on any atom is -0.457 e. The summed E-state index contributed by atoms with van der Waals surface area (Å²) in [6.45, 7) is 6.46. The monoisotopic (exact) mass is 1060 g/mol. The molecule has 3 aromatic heterocycles. The largest absolute Gasteiger partial charge is 0.457 e. The number of amides is 1. The number of para-hydroxylation sites is 1. The maximum atomic E-state index is 13.1. The Kier molecular flexibility index (Phi) is 17.7. The maximum Gasteiger partial charge on any atom is 0.282 e.